The molecule has 2 heterocycles. The molecule has 0 aromatic carbocycles. The zero-order chi connectivity index (χ0) is 15.1. The van der Waals surface area contributed by atoms with Gasteiger partial charge >= 0.3 is 0 Å². The molecule has 0 amide bonds. The lowest BCUT2D eigenvalue weighted by Gasteiger charge is -2.10. The van der Waals surface area contributed by atoms with E-state index >= 15 is 0 Å². The highest BCUT2D eigenvalue weighted by molar-refractivity contribution is 5.47. The maximum atomic E-state index is 5.16. The molecular weight excluding hydrogens is 270 g/mol. The Morgan fingerprint density at radius 2 is 1.95 bits per heavy atom. The Morgan fingerprint density at radius 3 is 2.57 bits per heavy atom. The second-order valence-corrected chi connectivity index (χ2v) is 4.70. The second-order valence-electron chi connectivity index (χ2n) is 4.70. The van der Waals surface area contributed by atoms with E-state index in [4.69, 9.17) is 9.26 Å². The summed E-state index contributed by atoms with van der Waals surface area (Å²) in [5.74, 6) is 2.91. The molecule has 2 rings (SSSR count). The summed E-state index contributed by atoms with van der Waals surface area (Å²) in [6.45, 7) is 5.76. The summed E-state index contributed by atoms with van der Waals surface area (Å²) >= 11 is 0. The van der Waals surface area contributed by atoms with Crippen LogP contribution in [0.2, 0.25) is 0 Å². The van der Waals surface area contributed by atoms with E-state index in [2.05, 4.69) is 32.7 Å². The summed E-state index contributed by atoms with van der Waals surface area (Å²) in [6.07, 6.45) is 1.03. The van der Waals surface area contributed by atoms with Crippen LogP contribution in [0.4, 0.5) is 11.6 Å². The van der Waals surface area contributed by atoms with Gasteiger partial charge in [0.1, 0.15) is 18.2 Å². The maximum Gasteiger partial charge on any atom is 0.158 e. The molecule has 2 N–H and O–H groups in total. The highest BCUT2D eigenvalue weighted by Gasteiger charge is 2.06. The zero-order valence-electron chi connectivity index (χ0n) is 12.6. The molecule has 2 aromatic rings. The fraction of sp³-hybridized carbons (Fsp3) is 0.500. The van der Waals surface area contributed by atoms with Gasteiger partial charge in [0.2, 0.25) is 0 Å². The van der Waals surface area contributed by atoms with Gasteiger partial charge in [-0.15, -0.1) is 0 Å². The molecule has 0 saturated carbocycles. The Bertz CT molecular complexity index is 570. The predicted octanol–water partition coefficient (Wildman–Crippen LogP) is 2.35. The molecule has 0 radical (unpaired) electrons. The van der Waals surface area contributed by atoms with Gasteiger partial charge in [0.05, 0.1) is 12.2 Å². The standard InChI is InChI=1S/C14H21N5O2/c1-4-5-15-12-7-13(18-14(17-12)9-20-3)16-8-11-6-10(2)19-21-11/h6-7H,4-5,8-9H2,1-3H3,(H2,15,16,17,18). The fourth-order valence-corrected chi connectivity index (χ4v) is 1.80. The van der Waals surface area contributed by atoms with Gasteiger partial charge in [-0.05, 0) is 13.3 Å². The van der Waals surface area contributed by atoms with E-state index in [1.165, 1.54) is 0 Å². The first-order valence-electron chi connectivity index (χ1n) is 6.98. The first-order valence-corrected chi connectivity index (χ1v) is 6.98. The van der Waals surface area contributed by atoms with Crippen molar-refractivity contribution in [1.29, 1.82) is 0 Å². The summed E-state index contributed by atoms with van der Waals surface area (Å²) in [7, 11) is 1.62. The third-order valence-corrected chi connectivity index (χ3v) is 2.72. The van der Waals surface area contributed by atoms with E-state index in [-0.39, 0.29) is 0 Å². The monoisotopic (exact) mass is 291 g/mol. The number of hydrogen-bond acceptors (Lipinski definition) is 7. The molecule has 0 aliphatic heterocycles. The number of anilines is 2. The van der Waals surface area contributed by atoms with Crippen LogP contribution >= 0.6 is 0 Å². The van der Waals surface area contributed by atoms with E-state index in [9.17, 15) is 0 Å². The first kappa shape index (κ1) is 15.2. The number of aromatic nitrogens is 3. The van der Waals surface area contributed by atoms with Crippen LogP contribution in [0.25, 0.3) is 0 Å². The lowest BCUT2D eigenvalue weighted by molar-refractivity contribution is 0.178. The minimum atomic E-state index is 0.373. The Hall–Kier alpha value is -2.15. The normalized spacial score (nSPS) is 10.6. The van der Waals surface area contributed by atoms with E-state index in [0.29, 0.717) is 19.0 Å². The van der Waals surface area contributed by atoms with Gasteiger partial charge in [-0.1, -0.05) is 12.1 Å². The smallest absolute Gasteiger partial charge is 0.158 e. The van der Waals surface area contributed by atoms with Crippen LogP contribution in [-0.2, 0) is 17.9 Å². The van der Waals surface area contributed by atoms with Crippen molar-refractivity contribution in [2.24, 2.45) is 0 Å². The molecule has 114 valence electrons. The lowest BCUT2D eigenvalue weighted by Crippen LogP contribution is -2.09. The summed E-state index contributed by atoms with van der Waals surface area (Å²) < 4.78 is 10.3. The van der Waals surface area contributed by atoms with E-state index in [1.807, 2.05) is 19.1 Å². The lowest BCUT2D eigenvalue weighted by atomic mass is 10.4. The number of aryl methyl sites for hydroxylation is 1. The molecule has 0 aliphatic carbocycles. The molecule has 2 aromatic heterocycles. The molecule has 0 spiro atoms. The molecule has 0 unspecified atom stereocenters. The number of nitrogens with zero attached hydrogens (tertiary/aromatic N) is 3. The molecule has 7 heteroatoms. The number of methoxy groups -OCH3 is 1. The highest BCUT2D eigenvalue weighted by atomic mass is 16.5. The summed E-state index contributed by atoms with van der Waals surface area (Å²) in [4.78, 5) is 8.80. The highest BCUT2D eigenvalue weighted by Crippen LogP contribution is 2.13. The van der Waals surface area contributed by atoms with Crippen LogP contribution in [0.15, 0.2) is 16.7 Å². The van der Waals surface area contributed by atoms with Gasteiger partial charge in [0, 0.05) is 25.8 Å². The van der Waals surface area contributed by atoms with Crippen molar-refractivity contribution in [3.8, 4) is 0 Å². The average Bonchev–Trinajstić information content (AvgIpc) is 2.89. The van der Waals surface area contributed by atoms with Crippen molar-refractivity contribution in [3.63, 3.8) is 0 Å². The van der Waals surface area contributed by atoms with Gasteiger partial charge in [-0.2, -0.15) is 0 Å². The van der Waals surface area contributed by atoms with Gasteiger partial charge in [0.25, 0.3) is 0 Å². The van der Waals surface area contributed by atoms with Gasteiger partial charge in [0.15, 0.2) is 11.6 Å². The van der Waals surface area contributed by atoms with Crippen LogP contribution in [0.1, 0.15) is 30.6 Å². The SMILES string of the molecule is CCCNc1cc(NCc2cc(C)no2)nc(COC)n1. The van der Waals surface area contributed by atoms with Crippen LogP contribution < -0.4 is 10.6 Å². The van der Waals surface area contributed by atoms with Crippen molar-refractivity contribution in [2.75, 3.05) is 24.3 Å². The summed E-state index contributed by atoms with van der Waals surface area (Å²) in [5, 5.41) is 10.3. The van der Waals surface area contributed by atoms with Gasteiger partial charge < -0.3 is 19.9 Å². The first-order chi connectivity index (χ1) is 10.2. The van der Waals surface area contributed by atoms with Crippen molar-refractivity contribution in [1.82, 2.24) is 15.1 Å². The molecule has 0 fully saturated rings. The summed E-state index contributed by atoms with van der Waals surface area (Å²) in [5.41, 5.74) is 0.861. The van der Waals surface area contributed by atoms with Crippen molar-refractivity contribution in [2.45, 2.75) is 33.4 Å². The largest absolute Gasteiger partial charge is 0.377 e. The Kier molecular flexibility index (Phi) is 5.51. The minimum absolute atomic E-state index is 0.373. The molecule has 21 heavy (non-hydrogen) atoms. The molecule has 7 nitrogen and oxygen atoms in total. The molecule has 0 saturated heterocycles. The molecule has 0 atom stereocenters. The van der Waals surface area contributed by atoms with Gasteiger partial charge in [-0.3, -0.25) is 0 Å². The zero-order valence-corrected chi connectivity index (χ0v) is 12.6. The van der Waals surface area contributed by atoms with Gasteiger partial charge in [-0.25, -0.2) is 9.97 Å². The van der Waals surface area contributed by atoms with E-state index in [0.717, 1.165) is 36.1 Å². The van der Waals surface area contributed by atoms with E-state index in [1.54, 1.807) is 7.11 Å². The third-order valence-electron chi connectivity index (χ3n) is 2.72. The average molecular weight is 291 g/mol. The Morgan fingerprint density at radius 1 is 1.19 bits per heavy atom. The number of ether oxygens (including phenoxy) is 1. The fourth-order valence-electron chi connectivity index (χ4n) is 1.80. The maximum absolute atomic E-state index is 5.16. The van der Waals surface area contributed by atoms with Crippen LogP contribution in [0.5, 0.6) is 0 Å². The quantitative estimate of drug-likeness (QED) is 0.772. The number of hydrogen-bond donors (Lipinski definition) is 2. The molecule has 0 bridgehead atoms. The van der Waals surface area contributed by atoms with Crippen molar-refractivity contribution >= 4 is 11.6 Å². The third kappa shape index (κ3) is 4.71. The topological polar surface area (TPSA) is 85.1 Å². The van der Waals surface area contributed by atoms with Crippen LogP contribution in [0, 0.1) is 6.92 Å². The predicted molar refractivity (Wildman–Crippen MR) is 80.1 cm³/mol. The molecule has 0 aliphatic rings. The number of nitrogens with one attached hydrogen (secondary N) is 2. The second kappa shape index (κ2) is 7.58. The Labute approximate surface area is 124 Å². The Balaban J connectivity index is 2.07. The minimum Gasteiger partial charge on any atom is -0.377 e. The summed E-state index contributed by atoms with van der Waals surface area (Å²) in [6, 6.07) is 3.76. The van der Waals surface area contributed by atoms with Crippen molar-refractivity contribution < 1.29 is 9.26 Å². The molecular formula is C14H21N5O2. The van der Waals surface area contributed by atoms with Crippen LogP contribution in [-0.4, -0.2) is 28.8 Å². The van der Waals surface area contributed by atoms with Crippen molar-refractivity contribution in [3.05, 3.63) is 29.4 Å². The van der Waals surface area contributed by atoms with E-state index < -0.39 is 0 Å². The van der Waals surface area contributed by atoms with Crippen LogP contribution in [0.3, 0.4) is 0 Å². The number of rotatable bonds is 8.